The first-order chi connectivity index (χ1) is 7.88. The van der Waals surface area contributed by atoms with Crippen LogP contribution in [0, 0.1) is 6.92 Å². The molecular weight excluding hydrogens is 235 g/mol. The van der Waals surface area contributed by atoms with Crippen LogP contribution < -0.4 is 5.48 Å². The van der Waals surface area contributed by atoms with E-state index < -0.39 is 18.7 Å². The van der Waals surface area contributed by atoms with Crippen LogP contribution in [0.1, 0.15) is 11.1 Å². The predicted molar refractivity (Wildman–Crippen MR) is 55.0 cm³/mol. The van der Waals surface area contributed by atoms with Gasteiger partial charge in [0, 0.05) is 0 Å². The average Bonchev–Trinajstić information content (AvgIpc) is 2.19. The first-order valence-corrected chi connectivity index (χ1v) is 4.90. The molecule has 0 aliphatic heterocycles. The predicted octanol–water partition coefficient (Wildman–Crippen LogP) is 2.15. The van der Waals surface area contributed by atoms with Gasteiger partial charge in [0.1, 0.15) is 0 Å². The van der Waals surface area contributed by atoms with Crippen LogP contribution in [0.15, 0.2) is 24.3 Å². The summed E-state index contributed by atoms with van der Waals surface area (Å²) in [5.74, 6) is -0.608. The maximum absolute atomic E-state index is 11.7. The molecule has 0 fully saturated rings. The van der Waals surface area contributed by atoms with Crippen molar-refractivity contribution in [2.45, 2.75) is 19.5 Å². The molecule has 3 nitrogen and oxygen atoms in total. The number of nitrogens with one attached hydrogen (secondary N) is 1. The second kappa shape index (κ2) is 5.67. The zero-order chi connectivity index (χ0) is 12.9. The molecule has 0 unspecified atom stereocenters. The zero-order valence-corrected chi connectivity index (χ0v) is 9.17. The van der Waals surface area contributed by atoms with Crippen molar-refractivity contribution in [3.05, 3.63) is 35.4 Å². The van der Waals surface area contributed by atoms with E-state index >= 15 is 0 Å². The Balaban J connectivity index is 2.38. The fourth-order valence-corrected chi connectivity index (χ4v) is 1.22. The SMILES string of the molecule is Cc1ccccc1CC(=O)NOCC(F)(F)F. The van der Waals surface area contributed by atoms with Crippen LogP contribution in [0.3, 0.4) is 0 Å². The van der Waals surface area contributed by atoms with E-state index in [-0.39, 0.29) is 6.42 Å². The second-order valence-corrected chi connectivity index (χ2v) is 3.53. The Bertz CT molecular complexity index is 391. The van der Waals surface area contributed by atoms with Crippen LogP contribution in [0.25, 0.3) is 0 Å². The second-order valence-electron chi connectivity index (χ2n) is 3.53. The smallest absolute Gasteiger partial charge is 0.272 e. The third-order valence-electron chi connectivity index (χ3n) is 2.03. The van der Waals surface area contributed by atoms with E-state index in [9.17, 15) is 18.0 Å². The summed E-state index contributed by atoms with van der Waals surface area (Å²) in [6, 6.07) is 7.13. The van der Waals surface area contributed by atoms with Crippen molar-refractivity contribution >= 4 is 5.91 Å². The van der Waals surface area contributed by atoms with Crippen molar-refractivity contribution in [1.29, 1.82) is 0 Å². The monoisotopic (exact) mass is 247 g/mol. The number of benzene rings is 1. The summed E-state index contributed by atoms with van der Waals surface area (Å²) in [7, 11) is 0. The Morgan fingerprint density at radius 1 is 1.35 bits per heavy atom. The van der Waals surface area contributed by atoms with Gasteiger partial charge in [-0.05, 0) is 18.1 Å². The molecule has 0 saturated heterocycles. The molecule has 0 aliphatic carbocycles. The Hall–Kier alpha value is -1.56. The van der Waals surface area contributed by atoms with Crippen LogP contribution in [-0.2, 0) is 16.1 Å². The highest BCUT2D eigenvalue weighted by Crippen LogP contribution is 2.13. The zero-order valence-electron chi connectivity index (χ0n) is 9.17. The van der Waals surface area contributed by atoms with Gasteiger partial charge in [-0.1, -0.05) is 24.3 Å². The third-order valence-corrected chi connectivity index (χ3v) is 2.03. The minimum atomic E-state index is -4.45. The van der Waals surface area contributed by atoms with Crippen molar-refractivity contribution in [2.24, 2.45) is 0 Å². The highest BCUT2D eigenvalue weighted by Gasteiger charge is 2.28. The van der Waals surface area contributed by atoms with Crippen LogP contribution in [-0.4, -0.2) is 18.7 Å². The van der Waals surface area contributed by atoms with Gasteiger partial charge in [-0.2, -0.15) is 13.2 Å². The standard InChI is InChI=1S/C11H12F3NO2/c1-8-4-2-3-5-9(8)6-10(16)15-17-7-11(12,13)14/h2-5H,6-7H2,1H3,(H,15,16). The minimum Gasteiger partial charge on any atom is -0.272 e. The lowest BCUT2D eigenvalue weighted by atomic mass is 10.1. The summed E-state index contributed by atoms with van der Waals surface area (Å²) < 4.78 is 35.2. The van der Waals surface area contributed by atoms with Crippen LogP contribution in [0.4, 0.5) is 13.2 Å². The Labute approximate surface area is 96.5 Å². The van der Waals surface area contributed by atoms with Crippen molar-refractivity contribution in [2.75, 3.05) is 6.61 Å². The number of hydrogen-bond acceptors (Lipinski definition) is 2. The van der Waals surface area contributed by atoms with Gasteiger partial charge in [-0.15, -0.1) is 0 Å². The molecule has 0 radical (unpaired) electrons. The van der Waals surface area contributed by atoms with Gasteiger partial charge in [-0.25, -0.2) is 5.48 Å². The molecule has 0 spiro atoms. The van der Waals surface area contributed by atoms with Gasteiger partial charge in [0.2, 0.25) is 5.91 Å². The summed E-state index contributed by atoms with van der Waals surface area (Å²) in [5.41, 5.74) is 3.41. The molecule has 0 atom stereocenters. The van der Waals surface area contributed by atoms with Crippen LogP contribution in [0.2, 0.25) is 0 Å². The first kappa shape index (κ1) is 13.5. The number of rotatable bonds is 4. The fourth-order valence-electron chi connectivity index (χ4n) is 1.22. The maximum Gasteiger partial charge on any atom is 0.414 e. The normalized spacial score (nSPS) is 11.3. The number of halogens is 3. The molecular formula is C11H12F3NO2. The number of alkyl halides is 3. The Morgan fingerprint density at radius 3 is 2.59 bits per heavy atom. The number of amides is 1. The van der Waals surface area contributed by atoms with Crippen LogP contribution in [0.5, 0.6) is 0 Å². The topological polar surface area (TPSA) is 38.3 Å². The number of carbonyl (C=O) groups excluding carboxylic acids is 1. The molecule has 17 heavy (non-hydrogen) atoms. The minimum absolute atomic E-state index is 0.00939. The van der Waals surface area contributed by atoms with Gasteiger partial charge in [0.05, 0.1) is 6.42 Å². The van der Waals surface area contributed by atoms with Crippen molar-refractivity contribution in [1.82, 2.24) is 5.48 Å². The number of aryl methyl sites for hydroxylation is 1. The lowest BCUT2D eigenvalue weighted by Gasteiger charge is -2.09. The van der Waals surface area contributed by atoms with E-state index in [1.165, 1.54) is 0 Å². The molecule has 1 amide bonds. The lowest BCUT2D eigenvalue weighted by molar-refractivity contribution is -0.191. The summed E-state index contributed by atoms with van der Waals surface area (Å²) in [4.78, 5) is 15.3. The van der Waals surface area contributed by atoms with E-state index in [1.54, 1.807) is 17.6 Å². The number of carbonyl (C=O) groups is 1. The van der Waals surface area contributed by atoms with E-state index in [1.807, 2.05) is 19.1 Å². The Morgan fingerprint density at radius 2 is 2.00 bits per heavy atom. The van der Waals surface area contributed by atoms with Crippen molar-refractivity contribution < 1.29 is 22.8 Å². The van der Waals surface area contributed by atoms with Gasteiger partial charge in [-0.3, -0.25) is 9.63 Å². The average molecular weight is 247 g/mol. The van der Waals surface area contributed by atoms with E-state index in [0.29, 0.717) is 0 Å². The van der Waals surface area contributed by atoms with E-state index in [4.69, 9.17) is 0 Å². The van der Waals surface area contributed by atoms with Crippen LogP contribution >= 0.6 is 0 Å². The molecule has 0 aliphatic rings. The van der Waals surface area contributed by atoms with Crippen molar-refractivity contribution in [3.8, 4) is 0 Å². The van der Waals surface area contributed by atoms with Gasteiger partial charge in [0.25, 0.3) is 0 Å². The highest BCUT2D eigenvalue weighted by atomic mass is 19.4. The quantitative estimate of drug-likeness (QED) is 0.828. The fraction of sp³-hybridized carbons (Fsp3) is 0.364. The lowest BCUT2D eigenvalue weighted by Crippen LogP contribution is -2.30. The summed E-state index contributed by atoms with van der Waals surface area (Å²) in [6.45, 7) is 0.325. The van der Waals surface area contributed by atoms with Crippen molar-refractivity contribution in [3.63, 3.8) is 0 Å². The molecule has 1 aromatic carbocycles. The highest BCUT2D eigenvalue weighted by molar-refractivity contribution is 5.77. The molecule has 1 N–H and O–H groups in total. The summed E-state index contributed by atoms with van der Waals surface area (Å²) in [6.07, 6.45) is -4.46. The molecule has 1 aromatic rings. The van der Waals surface area contributed by atoms with E-state index in [2.05, 4.69) is 4.84 Å². The molecule has 0 saturated carbocycles. The largest absolute Gasteiger partial charge is 0.414 e. The first-order valence-electron chi connectivity index (χ1n) is 4.90. The molecule has 0 bridgehead atoms. The third kappa shape index (κ3) is 5.35. The molecule has 94 valence electrons. The summed E-state index contributed by atoms with van der Waals surface area (Å²) >= 11 is 0. The summed E-state index contributed by atoms with van der Waals surface area (Å²) in [5, 5.41) is 0. The molecule has 0 aromatic heterocycles. The molecule has 6 heteroatoms. The Kier molecular flexibility index (Phi) is 4.51. The van der Waals surface area contributed by atoms with Gasteiger partial charge < -0.3 is 0 Å². The number of hydrogen-bond donors (Lipinski definition) is 1. The maximum atomic E-state index is 11.7. The van der Waals surface area contributed by atoms with E-state index in [0.717, 1.165) is 11.1 Å². The molecule has 1 rings (SSSR count). The van der Waals surface area contributed by atoms with Gasteiger partial charge in [0.15, 0.2) is 6.61 Å². The number of hydroxylamine groups is 1. The molecule has 0 heterocycles. The van der Waals surface area contributed by atoms with Gasteiger partial charge >= 0.3 is 6.18 Å².